The Kier molecular flexibility index (Phi) is 5.31. The van der Waals surface area contributed by atoms with Crippen LogP contribution in [-0.2, 0) is 22.4 Å². The van der Waals surface area contributed by atoms with E-state index < -0.39 is 24.0 Å². The van der Waals surface area contributed by atoms with Crippen molar-refractivity contribution in [2.75, 3.05) is 7.05 Å². The number of carbonyl (C=O) groups excluding carboxylic acids is 3. The highest BCUT2D eigenvalue weighted by atomic mass is 16.5. The highest BCUT2D eigenvalue weighted by molar-refractivity contribution is 5.99. The van der Waals surface area contributed by atoms with Crippen molar-refractivity contribution in [2.45, 2.75) is 25.4 Å². The van der Waals surface area contributed by atoms with Crippen LogP contribution in [0.1, 0.15) is 39.6 Å². The quantitative estimate of drug-likeness (QED) is 0.828. The molecule has 6 nitrogen and oxygen atoms in total. The van der Waals surface area contributed by atoms with Crippen molar-refractivity contribution < 1.29 is 19.1 Å². The zero-order valence-corrected chi connectivity index (χ0v) is 14.5. The summed E-state index contributed by atoms with van der Waals surface area (Å²) >= 11 is 0. The van der Waals surface area contributed by atoms with Gasteiger partial charge in [0.05, 0.1) is 5.56 Å². The van der Waals surface area contributed by atoms with Gasteiger partial charge in [-0.2, -0.15) is 0 Å². The van der Waals surface area contributed by atoms with Crippen LogP contribution in [0.3, 0.4) is 0 Å². The molecule has 1 aliphatic rings. The minimum Gasteiger partial charge on any atom is -0.444 e. The number of benzene rings is 2. The molecule has 2 N–H and O–H groups in total. The van der Waals surface area contributed by atoms with E-state index in [4.69, 9.17) is 4.74 Å². The Balaban J connectivity index is 1.82. The molecule has 0 fully saturated rings. The van der Waals surface area contributed by atoms with Gasteiger partial charge in [0.1, 0.15) is 0 Å². The number of imide groups is 1. The molecule has 6 heteroatoms. The van der Waals surface area contributed by atoms with Crippen LogP contribution in [0.5, 0.6) is 0 Å². The van der Waals surface area contributed by atoms with Crippen LogP contribution >= 0.6 is 0 Å². The van der Waals surface area contributed by atoms with Gasteiger partial charge in [-0.3, -0.25) is 10.1 Å². The largest absolute Gasteiger partial charge is 0.444 e. The summed E-state index contributed by atoms with van der Waals surface area (Å²) in [5, 5.41) is 4.46. The second-order valence-corrected chi connectivity index (χ2v) is 6.10. The van der Waals surface area contributed by atoms with Crippen molar-refractivity contribution in [3.8, 4) is 0 Å². The summed E-state index contributed by atoms with van der Waals surface area (Å²) in [5.41, 5.74) is 3.28. The summed E-state index contributed by atoms with van der Waals surface area (Å²) in [6.45, 7) is 0. The van der Waals surface area contributed by atoms with Crippen molar-refractivity contribution in [3.05, 3.63) is 70.8 Å². The molecule has 0 spiro atoms. The molecule has 3 amide bonds. The molecule has 0 aliphatic heterocycles. The minimum atomic E-state index is -1.21. The van der Waals surface area contributed by atoms with E-state index in [1.807, 2.05) is 12.1 Å². The number of urea groups is 1. The first kappa shape index (κ1) is 17.7. The fraction of sp³-hybridized carbons (Fsp3) is 0.250. The maximum Gasteiger partial charge on any atom is 0.339 e. The van der Waals surface area contributed by atoms with Gasteiger partial charge in [-0.25, -0.2) is 9.59 Å². The van der Waals surface area contributed by atoms with E-state index in [0.29, 0.717) is 11.1 Å². The normalized spacial score (nSPS) is 13.4. The Morgan fingerprint density at radius 2 is 1.73 bits per heavy atom. The van der Waals surface area contributed by atoms with Gasteiger partial charge in [-0.15, -0.1) is 0 Å². The summed E-state index contributed by atoms with van der Waals surface area (Å²) in [5.74, 6) is -1.30. The molecule has 0 unspecified atom stereocenters. The number of aryl methyl sites for hydroxylation is 2. The van der Waals surface area contributed by atoms with Crippen LogP contribution in [-0.4, -0.2) is 25.0 Å². The molecule has 0 bridgehead atoms. The van der Waals surface area contributed by atoms with E-state index >= 15 is 0 Å². The molecular weight excluding hydrogens is 332 g/mol. The topological polar surface area (TPSA) is 84.5 Å². The van der Waals surface area contributed by atoms with Gasteiger partial charge in [0.15, 0.2) is 0 Å². The molecular formula is C20H20N2O4. The molecule has 1 atom stereocenters. The second-order valence-electron chi connectivity index (χ2n) is 6.10. The van der Waals surface area contributed by atoms with E-state index in [1.54, 1.807) is 36.4 Å². The molecule has 0 aromatic heterocycles. The van der Waals surface area contributed by atoms with Crippen molar-refractivity contribution in [1.29, 1.82) is 0 Å². The molecule has 3 rings (SSSR count). The minimum absolute atomic E-state index is 0.402. The van der Waals surface area contributed by atoms with E-state index in [9.17, 15) is 14.4 Å². The van der Waals surface area contributed by atoms with Crippen LogP contribution in [0.4, 0.5) is 4.79 Å². The van der Waals surface area contributed by atoms with Crippen molar-refractivity contribution in [1.82, 2.24) is 10.6 Å². The number of ether oxygens (including phenoxy) is 1. The first-order valence-corrected chi connectivity index (χ1v) is 8.49. The zero-order chi connectivity index (χ0) is 18.5. The number of carbonyl (C=O) groups is 3. The number of hydrogen-bond donors (Lipinski definition) is 2. The molecule has 1 aliphatic carbocycles. The molecule has 2 aromatic rings. The Morgan fingerprint density at radius 3 is 2.46 bits per heavy atom. The summed E-state index contributed by atoms with van der Waals surface area (Å²) < 4.78 is 5.46. The molecule has 0 heterocycles. The van der Waals surface area contributed by atoms with Crippen molar-refractivity contribution in [3.63, 3.8) is 0 Å². The SMILES string of the molecule is CNC(=O)NC(=O)[C@@H](OC(=O)c1ccc2c(c1)CCC2)c1ccccc1. The van der Waals surface area contributed by atoms with E-state index in [2.05, 4.69) is 10.6 Å². The standard InChI is InChI=1S/C20H20N2O4/c1-21-20(25)22-18(23)17(14-6-3-2-4-7-14)26-19(24)16-11-10-13-8-5-9-15(13)12-16/h2-4,6-7,10-12,17H,5,8-9H2,1H3,(H2,21,22,23,25)/t17-/m0/s1. The first-order valence-electron chi connectivity index (χ1n) is 8.49. The monoisotopic (exact) mass is 352 g/mol. The Morgan fingerprint density at radius 1 is 1.00 bits per heavy atom. The lowest BCUT2D eigenvalue weighted by Crippen LogP contribution is -2.41. The molecule has 2 aromatic carbocycles. The fourth-order valence-electron chi connectivity index (χ4n) is 3.01. The summed E-state index contributed by atoms with van der Waals surface area (Å²) in [4.78, 5) is 36.5. The van der Waals surface area contributed by atoms with E-state index in [0.717, 1.165) is 24.8 Å². The highest BCUT2D eigenvalue weighted by Crippen LogP contribution is 2.25. The van der Waals surface area contributed by atoms with Gasteiger partial charge in [-0.1, -0.05) is 36.4 Å². The zero-order valence-electron chi connectivity index (χ0n) is 14.5. The summed E-state index contributed by atoms with van der Waals surface area (Å²) in [6, 6.07) is 13.4. The number of amides is 3. The van der Waals surface area contributed by atoms with Crippen LogP contribution in [0.15, 0.2) is 48.5 Å². The molecule has 0 saturated heterocycles. The maximum absolute atomic E-state index is 12.6. The average molecular weight is 352 g/mol. The van der Waals surface area contributed by atoms with Gasteiger partial charge < -0.3 is 10.1 Å². The van der Waals surface area contributed by atoms with Gasteiger partial charge in [-0.05, 0) is 42.5 Å². The molecule has 0 saturated carbocycles. The van der Waals surface area contributed by atoms with Crippen LogP contribution in [0.2, 0.25) is 0 Å². The van der Waals surface area contributed by atoms with E-state index in [1.165, 1.54) is 12.6 Å². The van der Waals surface area contributed by atoms with Gasteiger partial charge in [0.25, 0.3) is 5.91 Å². The molecule has 26 heavy (non-hydrogen) atoms. The van der Waals surface area contributed by atoms with Gasteiger partial charge in [0, 0.05) is 12.6 Å². The molecule has 134 valence electrons. The lowest BCUT2D eigenvalue weighted by atomic mass is 10.1. The van der Waals surface area contributed by atoms with Crippen molar-refractivity contribution in [2.24, 2.45) is 0 Å². The van der Waals surface area contributed by atoms with E-state index in [-0.39, 0.29) is 0 Å². The predicted octanol–water partition coefficient (Wildman–Crippen LogP) is 2.53. The number of rotatable bonds is 4. The Bertz CT molecular complexity index is 833. The molecule has 0 radical (unpaired) electrons. The smallest absolute Gasteiger partial charge is 0.339 e. The summed E-state index contributed by atoms with van der Waals surface area (Å²) in [7, 11) is 1.40. The first-order chi connectivity index (χ1) is 12.6. The number of nitrogens with one attached hydrogen (secondary N) is 2. The summed E-state index contributed by atoms with van der Waals surface area (Å²) in [6.07, 6.45) is 1.82. The maximum atomic E-state index is 12.6. The number of esters is 1. The number of hydrogen-bond acceptors (Lipinski definition) is 4. The Hall–Kier alpha value is -3.15. The lowest BCUT2D eigenvalue weighted by molar-refractivity contribution is -0.129. The van der Waals surface area contributed by atoms with Gasteiger partial charge in [0.2, 0.25) is 6.10 Å². The second kappa shape index (κ2) is 7.82. The Labute approximate surface area is 151 Å². The lowest BCUT2D eigenvalue weighted by Gasteiger charge is -2.17. The average Bonchev–Trinajstić information content (AvgIpc) is 3.14. The van der Waals surface area contributed by atoms with Crippen LogP contribution in [0, 0.1) is 0 Å². The number of fused-ring (bicyclic) bond motifs is 1. The third kappa shape index (κ3) is 3.91. The van der Waals surface area contributed by atoms with Crippen LogP contribution in [0.25, 0.3) is 0 Å². The predicted molar refractivity (Wildman–Crippen MR) is 95.7 cm³/mol. The fourth-order valence-corrected chi connectivity index (χ4v) is 3.01. The van der Waals surface area contributed by atoms with Gasteiger partial charge >= 0.3 is 12.0 Å². The van der Waals surface area contributed by atoms with Crippen molar-refractivity contribution >= 4 is 17.9 Å². The van der Waals surface area contributed by atoms with Crippen LogP contribution < -0.4 is 10.6 Å². The third-order valence-electron chi connectivity index (χ3n) is 4.36. The third-order valence-corrected chi connectivity index (χ3v) is 4.36. The highest BCUT2D eigenvalue weighted by Gasteiger charge is 2.27.